The average molecular weight is 328 g/mol. The van der Waals surface area contributed by atoms with E-state index in [2.05, 4.69) is 4.72 Å². The number of anilines is 1. The minimum Gasteiger partial charge on any atom is -0.496 e. The van der Waals surface area contributed by atoms with Crippen LogP contribution in [0.4, 0.5) is 5.69 Å². The van der Waals surface area contributed by atoms with E-state index in [0.717, 1.165) is 3.57 Å². The molecule has 1 rings (SSSR count). The highest BCUT2D eigenvalue weighted by Crippen LogP contribution is 2.24. The molecule has 1 aromatic carbocycles. The molecule has 0 aliphatic rings. The Hall–Kier alpha value is -0.540. The van der Waals surface area contributed by atoms with Crippen LogP contribution in [0.3, 0.4) is 0 Å². The van der Waals surface area contributed by atoms with Gasteiger partial charge in [-0.1, -0.05) is 0 Å². The molecule has 0 heterocycles. The Bertz CT molecular complexity index is 433. The van der Waals surface area contributed by atoms with Crippen LogP contribution in [0.25, 0.3) is 0 Å². The van der Waals surface area contributed by atoms with Crippen molar-refractivity contribution in [1.82, 2.24) is 0 Å². The monoisotopic (exact) mass is 328 g/mol. The Morgan fingerprint density at radius 3 is 2.57 bits per heavy atom. The zero-order valence-electron chi connectivity index (χ0n) is 7.32. The molecule has 0 saturated heterocycles. The molecule has 5 nitrogen and oxygen atoms in total. The number of hydrogen-bond acceptors (Lipinski definition) is 3. The summed E-state index contributed by atoms with van der Waals surface area (Å²) in [5.74, 6) is 0.686. The predicted octanol–water partition coefficient (Wildman–Crippen LogP) is 0.915. The lowest BCUT2D eigenvalue weighted by molar-refractivity contribution is 0.412. The van der Waals surface area contributed by atoms with Gasteiger partial charge in [-0.2, -0.15) is 8.42 Å². The molecule has 7 heteroatoms. The van der Waals surface area contributed by atoms with Crippen LogP contribution in [0.15, 0.2) is 18.2 Å². The van der Waals surface area contributed by atoms with Gasteiger partial charge in [-0.05, 0) is 40.8 Å². The first-order chi connectivity index (χ1) is 6.42. The summed E-state index contributed by atoms with van der Waals surface area (Å²) in [6, 6.07) is 4.87. The molecule has 78 valence electrons. The number of benzene rings is 1. The van der Waals surface area contributed by atoms with Gasteiger partial charge in [0.1, 0.15) is 5.75 Å². The molecule has 0 amide bonds. The number of methoxy groups -OCH3 is 1. The van der Waals surface area contributed by atoms with Gasteiger partial charge in [0.2, 0.25) is 0 Å². The maximum atomic E-state index is 10.7. The zero-order valence-corrected chi connectivity index (χ0v) is 10.3. The third-order valence-electron chi connectivity index (χ3n) is 1.41. The second-order valence-electron chi connectivity index (χ2n) is 2.50. The molecule has 0 atom stereocenters. The van der Waals surface area contributed by atoms with Gasteiger partial charge in [-0.25, -0.2) is 5.14 Å². The van der Waals surface area contributed by atoms with Crippen molar-refractivity contribution >= 4 is 38.5 Å². The fraction of sp³-hybridized carbons (Fsp3) is 0.143. The van der Waals surface area contributed by atoms with E-state index in [1.54, 1.807) is 25.3 Å². The Kier molecular flexibility index (Phi) is 3.56. The summed E-state index contributed by atoms with van der Waals surface area (Å²) < 4.78 is 29.4. The molecule has 0 saturated carbocycles. The van der Waals surface area contributed by atoms with E-state index in [1.807, 2.05) is 22.6 Å². The van der Waals surface area contributed by atoms with Crippen molar-refractivity contribution < 1.29 is 13.2 Å². The van der Waals surface area contributed by atoms with Gasteiger partial charge in [0.05, 0.1) is 16.4 Å². The molecule has 0 fully saturated rings. The van der Waals surface area contributed by atoms with Crippen LogP contribution in [-0.2, 0) is 10.2 Å². The summed E-state index contributed by atoms with van der Waals surface area (Å²) in [7, 11) is -2.16. The summed E-state index contributed by atoms with van der Waals surface area (Å²) in [5.41, 5.74) is 0.415. The maximum absolute atomic E-state index is 10.7. The fourth-order valence-electron chi connectivity index (χ4n) is 0.894. The van der Waals surface area contributed by atoms with Crippen LogP contribution in [0.5, 0.6) is 5.75 Å². The Labute approximate surface area is 96.0 Å². The summed E-state index contributed by atoms with van der Waals surface area (Å²) in [6.07, 6.45) is 0. The zero-order chi connectivity index (χ0) is 10.8. The number of ether oxygens (including phenoxy) is 1. The number of rotatable bonds is 3. The van der Waals surface area contributed by atoms with Gasteiger partial charge in [-0.3, -0.25) is 4.72 Å². The van der Waals surface area contributed by atoms with Crippen LogP contribution in [-0.4, -0.2) is 15.5 Å². The summed E-state index contributed by atoms with van der Waals surface area (Å²) in [6.45, 7) is 0. The quantitative estimate of drug-likeness (QED) is 0.810. The van der Waals surface area contributed by atoms with E-state index >= 15 is 0 Å². The average Bonchev–Trinajstić information content (AvgIpc) is 2.01. The Balaban J connectivity index is 2.98. The minimum atomic E-state index is -3.71. The molecule has 0 unspecified atom stereocenters. The molecular formula is C7H9IN2O3S. The summed E-state index contributed by atoms with van der Waals surface area (Å²) in [4.78, 5) is 0. The van der Waals surface area contributed by atoms with Crippen molar-refractivity contribution in [2.24, 2.45) is 5.14 Å². The number of nitrogens with one attached hydrogen (secondary N) is 1. The van der Waals surface area contributed by atoms with Crippen molar-refractivity contribution in [1.29, 1.82) is 0 Å². The molecular weight excluding hydrogens is 319 g/mol. The van der Waals surface area contributed by atoms with Crippen molar-refractivity contribution in [2.45, 2.75) is 0 Å². The van der Waals surface area contributed by atoms with Gasteiger partial charge in [0.25, 0.3) is 10.2 Å². The third kappa shape index (κ3) is 3.31. The van der Waals surface area contributed by atoms with E-state index in [1.165, 1.54) is 0 Å². The van der Waals surface area contributed by atoms with Gasteiger partial charge in [0.15, 0.2) is 0 Å². The first kappa shape index (κ1) is 11.5. The highest BCUT2D eigenvalue weighted by Gasteiger charge is 2.05. The van der Waals surface area contributed by atoms with Crippen LogP contribution in [0.1, 0.15) is 0 Å². The molecule has 0 aliphatic heterocycles. The smallest absolute Gasteiger partial charge is 0.296 e. The molecule has 3 N–H and O–H groups in total. The van der Waals surface area contributed by atoms with Gasteiger partial charge in [0, 0.05) is 0 Å². The molecule has 0 bridgehead atoms. The third-order valence-corrected chi connectivity index (χ3v) is 2.78. The molecule has 14 heavy (non-hydrogen) atoms. The lowest BCUT2D eigenvalue weighted by atomic mass is 10.3. The van der Waals surface area contributed by atoms with E-state index in [0.29, 0.717) is 11.4 Å². The number of hydrogen-bond donors (Lipinski definition) is 2. The minimum absolute atomic E-state index is 0.415. The SMILES string of the molecule is COc1ccc(NS(N)(=O)=O)cc1I. The molecule has 0 aliphatic carbocycles. The molecule has 1 aromatic rings. The van der Waals surface area contributed by atoms with Crippen LogP contribution in [0, 0.1) is 3.57 Å². The second kappa shape index (κ2) is 4.32. The summed E-state index contributed by atoms with van der Waals surface area (Å²) >= 11 is 2.04. The predicted molar refractivity (Wildman–Crippen MR) is 62.4 cm³/mol. The van der Waals surface area contributed by atoms with Crippen molar-refractivity contribution in [3.63, 3.8) is 0 Å². The van der Waals surface area contributed by atoms with Crippen LogP contribution < -0.4 is 14.6 Å². The normalized spacial score (nSPS) is 11.1. The topological polar surface area (TPSA) is 81.4 Å². The van der Waals surface area contributed by atoms with Crippen molar-refractivity contribution in [3.8, 4) is 5.75 Å². The van der Waals surface area contributed by atoms with Crippen LogP contribution >= 0.6 is 22.6 Å². The summed E-state index contributed by atoms with van der Waals surface area (Å²) in [5, 5.41) is 4.82. The maximum Gasteiger partial charge on any atom is 0.296 e. The van der Waals surface area contributed by atoms with E-state index in [4.69, 9.17) is 9.88 Å². The van der Waals surface area contributed by atoms with E-state index in [9.17, 15) is 8.42 Å². The Morgan fingerprint density at radius 2 is 2.14 bits per heavy atom. The van der Waals surface area contributed by atoms with Crippen molar-refractivity contribution in [2.75, 3.05) is 11.8 Å². The van der Waals surface area contributed by atoms with Gasteiger partial charge < -0.3 is 4.74 Å². The van der Waals surface area contributed by atoms with Crippen molar-refractivity contribution in [3.05, 3.63) is 21.8 Å². The largest absolute Gasteiger partial charge is 0.496 e. The van der Waals surface area contributed by atoms with Gasteiger partial charge in [-0.15, -0.1) is 0 Å². The lowest BCUT2D eigenvalue weighted by Crippen LogP contribution is -2.21. The van der Waals surface area contributed by atoms with E-state index < -0.39 is 10.2 Å². The number of nitrogens with two attached hydrogens (primary N) is 1. The van der Waals surface area contributed by atoms with Gasteiger partial charge >= 0.3 is 0 Å². The van der Waals surface area contributed by atoms with E-state index in [-0.39, 0.29) is 0 Å². The highest BCUT2D eigenvalue weighted by atomic mass is 127. The molecule has 0 aromatic heterocycles. The first-order valence-corrected chi connectivity index (χ1v) is 6.19. The molecule has 0 spiro atoms. The van der Waals surface area contributed by atoms with Crippen LogP contribution in [0.2, 0.25) is 0 Å². The highest BCUT2D eigenvalue weighted by molar-refractivity contribution is 14.1. The fourth-order valence-corrected chi connectivity index (χ4v) is 2.09. The Morgan fingerprint density at radius 1 is 1.50 bits per heavy atom. The lowest BCUT2D eigenvalue weighted by Gasteiger charge is -2.06. The second-order valence-corrected chi connectivity index (χ2v) is 4.95. The molecule has 0 radical (unpaired) electrons. The standard InChI is InChI=1S/C7H9IN2O3S/c1-13-7-3-2-5(4-6(7)8)10-14(9,11)12/h2-4,10H,1H3,(H2,9,11,12). The number of halogens is 1. The first-order valence-electron chi connectivity index (χ1n) is 3.56.